The van der Waals surface area contributed by atoms with Gasteiger partial charge in [0.05, 0.1) is 30.3 Å². The largest absolute Gasteiger partial charge is 0.481 e. The minimum absolute atomic E-state index is 0.0180. The molecule has 1 N–H and O–H groups in total. The van der Waals surface area contributed by atoms with Gasteiger partial charge in [0.1, 0.15) is 0 Å². The van der Waals surface area contributed by atoms with Crippen molar-refractivity contribution in [3.8, 4) is 6.07 Å². The van der Waals surface area contributed by atoms with E-state index in [2.05, 4.69) is 11.2 Å². The molecule has 20 heavy (non-hydrogen) atoms. The van der Waals surface area contributed by atoms with Crippen molar-refractivity contribution in [2.24, 2.45) is 0 Å². The van der Waals surface area contributed by atoms with Gasteiger partial charge in [0.2, 0.25) is 0 Å². The molecular weight excluding hydrogens is 254 g/mol. The molecule has 0 amide bonds. The van der Waals surface area contributed by atoms with E-state index >= 15 is 0 Å². The molecule has 1 aromatic carbocycles. The van der Waals surface area contributed by atoms with Crippen molar-refractivity contribution >= 4 is 5.97 Å². The molecule has 0 bridgehead atoms. The Morgan fingerprint density at radius 2 is 2.20 bits per heavy atom. The van der Waals surface area contributed by atoms with Crippen molar-refractivity contribution in [2.75, 3.05) is 0 Å². The van der Waals surface area contributed by atoms with Crippen LogP contribution in [0.25, 0.3) is 0 Å². The van der Waals surface area contributed by atoms with Gasteiger partial charge in [-0.15, -0.1) is 0 Å². The second-order valence-electron chi connectivity index (χ2n) is 4.69. The lowest BCUT2D eigenvalue weighted by molar-refractivity contribution is -0.136. The SMILES string of the molecule is Cc1nn(Cc2cccc(C#N)c2)c(C)c1CC(=O)O. The zero-order chi connectivity index (χ0) is 14.7. The third-order valence-electron chi connectivity index (χ3n) is 3.25. The summed E-state index contributed by atoms with van der Waals surface area (Å²) in [7, 11) is 0. The van der Waals surface area contributed by atoms with Crippen LogP contribution in [0.3, 0.4) is 0 Å². The monoisotopic (exact) mass is 269 g/mol. The minimum atomic E-state index is -0.859. The lowest BCUT2D eigenvalue weighted by Gasteiger charge is -2.05. The van der Waals surface area contributed by atoms with Crippen LogP contribution in [0, 0.1) is 25.2 Å². The van der Waals surface area contributed by atoms with Crippen molar-refractivity contribution in [1.29, 1.82) is 5.26 Å². The fraction of sp³-hybridized carbons (Fsp3) is 0.267. The summed E-state index contributed by atoms with van der Waals surface area (Å²) in [5, 5.41) is 22.2. The number of carbonyl (C=O) groups is 1. The van der Waals surface area contributed by atoms with E-state index in [1.54, 1.807) is 10.7 Å². The summed E-state index contributed by atoms with van der Waals surface area (Å²) in [5.74, 6) is -0.859. The summed E-state index contributed by atoms with van der Waals surface area (Å²) in [6.07, 6.45) is -0.0180. The highest BCUT2D eigenvalue weighted by atomic mass is 16.4. The Balaban J connectivity index is 2.30. The van der Waals surface area contributed by atoms with Crippen molar-refractivity contribution < 1.29 is 9.90 Å². The normalized spacial score (nSPS) is 10.2. The van der Waals surface area contributed by atoms with Crippen LogP contribution in [-0.4, -0.2) is 20.9 Å². The Bertz CT molecular complexity index is 696. The lowest BCUT2D eigenvalue weighted by Crippen LogP contribution is -2.06. The van der Waals surface area contributed by atoms with Crippen LogP contribution in [0.4, 0.5) is 0 Å². The smallest absolute Gasteiger partial charge is 0.307 e. The molecule has 0 radical (unpaired) electrons. The number of aryl methyl sites for hydroxylation is 1. The second-order valence-corrected chi connectivity index (χ2v) is 4.69. The van der Waals surface area contributed by atoms with Gasteiger partial charge >= 0.3 is 5.97 Å². The summed E-state index contributed by atoms with van der Waals surface area (Å²) in [6.45, 7) is 4.21. The molecule has 102 valence electrons. The average Bonchev–Trinajstić information content (AvgIpc) is 2.66. The van der Waals surface area contributed by atoms with Gasteiger partial charge in [0.25, 0.3) is 0 Å². The standard InChI is InChI=1S/C15H15N3O2/c1-10-14(7-15(19)20)11(2)18(17-10)9-13-5-3-4-12(6-13)8-16/h3-6H,7,9H2,1-2H3,(H,19,20). The predicted octanol–water partition coefficient (Wildman–Crippen LogP) is 2.05. The first kappa shape index (κ1) is 13.8. The maximum absolute atomic E-state index is 10.9. The number of aliphatic carboxylic acids is 1. The third-order valence-corrected chi connectivity index (χ3v) is 3.25. The van der Waals surface area contributed by atoms with Gasteiger partial charge < -0.3 is 5.11 Å². The summed E-state index contributed by atoms with van der Waals surface area (Å²) < 4.78 is 1.78. The van der Waals surface area contributed by atoms with Crippen molar-refractivity contribution in [3.63, 3.8) is 0 Å². The highest BCUT2D eigenvalue weighted by Crippen LogP contribution is 2.16. The van der Waals surface area contributed by atoms with Crippen LogP contribution >= 0.6 is 0 Å². The topological polar surface area (TPSA) is 78.9 Å². The average molecular weight is 269 g/mol. The fourth-order valence-electron chi connectivity index (χ4n) is 2.21. The molecule has 0 fully saturated rings. The number of carboxylic acids is 1. The van der Waals surface area contributed by atoms with Crippen molar-refractivity contribution in [2.45, 2.75) is 26.8 Å². The van der Waals surface area contributed by atoms with E-state index < -0.39 is 5.97 Å². The first-order valence-electron chi connectivity index (χ1n) is 6.25. The summed E-state index contributed by atoms with van der Waals surface area (Å²) in [5.41, 5.74) is 3.92. The molecule has 0 unspecified atom stereocenters. The molecule has 0 atom stereocenters. The number of rotatable bonds is 4. The number of nitriles is 1. The van der Waals surface area contributed by atoms with Crippen LogP contribution in [-0.2, 0) is 17.8 Å². The molecule has 0 aliphatic heterocycles. The number of benzene rings is 1. The molecule has 0 saturated carbocycles. The van der Waals surface area contributed by atoms with Gasteiger partial charge in [-0.05, 0) is 31.5 Å². The first-order valence-corrected chi connectivity index (χ1v) is 6.25. The second kappa shape index (κ2) is 5.57. The zero-order valence-corrected chi connectivity index (χ0v) is 11.4. The highest BCUT2D eigenvalue weighted by molar-refractivity contribution is 5.70. The molecule has 5 nitrogen and oxygen atoms in total. The maximum Gasteiger partial charge on any atom is 0.307 e. The molecule has 2 aromatic rings. The number of nitrogens with zero attached hydrogens (tertiary/aromatic N) is 3. The Labute approximate surface area is 117 Å². The van der Waals surface area contributed by atoms with Gasteiger partial charge in [-0.1, -0.05) is 12.1 Å². The number of hydrogen-bond acceptors (Lipinski definition) is 3. The molecule has 0 aliphatic rings. The van der Waals surface area contributed by atoms with Crippen LogP contribution in [0.2, 0.25) is 0 Å². The van der Waals surface area contributed by atoms with E-state index in [0.29, 0.717) is 12.1 Å². The van der Waals surface area contributed by atoms with Gasteiger partial charge in [0.15, 0.2) is 0 Å². The fourth-order valence-corrected chi connectivity index (χ4v) is 2.21. The van der Waals surface area contributed by atoms with E-state index in [4.69, 9.17) is 10.4 Å². The van der Waals surface area contributed by atoms with Crippen LogP contribution in [0.5, 0.6) is 0 Å². The highest BCUT2D eigenvalue weighted by Gasteiger charge is 2.14. The minimum Gasteiger partial charge on any atom is -0.481 e. The third kappa shape index (κ3) is 2.86. The van der Waals surface area contributed by atoms with Crippen LogP contribution in [0.1, 0.15) is 28.1 Å². The number of hydrogen-bond donors (Lipinski definition) is 1. The van der Waals surface area contributed by atoms with Gasteiger partial charge in [-0.2, -0.15) is 10.4 Å². The van der Waals surface area contributed by atoms with Gasteiger partial charge in [-0.3, -0.25) is 9.48 Å². The van der Waals surface area contributed by atoms with E-state index in [0.717, 1.165) is 22.5 Å². The summed E-state index contributed by atoms with van der Waals surface area (Å²) in [4.78, 5) is 10.9. The van der Waals surface area contributed by atoms with Gasteiger partial charge in [-0.25, -0.2) is 0 Å². The van der Waals surface area contributed by atoms with E-state index in [1.165, 1.54) is 0 Å². The van der Waals surface area contributed by atoms with E-state index in [-0.39, 0.29) is 6.42 Å². The molecule has 0 aliphatic carbocycles. The van der Waals surface area contributed by atoms with E-state index in [9.17, 15) is 4.79 Å². The quantitative estimate of drug-likeness (QED) is 0.921. The molecule has 5 heteroatoms. The Kier molecular flexibility index (Phi) is 3.85. The van der Waals surface area contributed by atoms with Crippen molar-refractivity contribution in [3.05, 3.63) is 52.3 Å². The molecule has 2 rings (SSSR count). The molecular formula is C15H15N3O2. The molecule has 0 saturated heterocycles. The van der Waals surface area contributed by atoms with Crippen molar-refractivity contribution in [1.82, 2.24) is 9.78 Å². The first-order chi connectivity index (χ1) is 9.51. The molecule has 0 spiro atoms. The summed E-state index contributed by atoms with van der Waals surface area (Å²) in [6, 6.07) is 9.42. The summed E-state index contributed by atoms with van der Waals surface area (Å²) >= 11 is 0. The van der Waals surface area contributed by atoms with E-state index in [1.807, 2.05) is 32.0 Å². The van der Waals surface area contributed by atoms with Crippen LogP contribution in [0.15, 0.2) is 24.3 Å². The zero-order valence-electron chi connectivity index (χ0n) is 11.4. The Morgan fingerprint density at radius 1 is 1.45 bits per heavy atom. The lowest BCUT2D eigenvalue weighted by atomic mass is 10.1. The van der Waals surface area contributed by atoms with Gasteiger partial charge in [0, 0.05) is 11.3 Å². The molecule has 1 heterocycles. The number of aromatic nitrogens is 2. The number of carboxylic acid groups (broad SMARTS) is 1. The van der Waals surface area contributed by atoms with Crippen LogP contribution < -0.4 is 0 Å². The Morgan fingerprint density at radius 3 is 2.85 bits per heavy atom. The maximum atomic E-state index is 10.9. The Hall–Kier alpha value is -2.61. The molecule has 1 aromatic heterocycles. The predicted molar refractivity (Wildman–Crippen MR) is 73.3 cm³/mol.